The zero-order chi connectivity index (χ0) is 32.9. The lowest BCUT2D eigenvalue weighted by molar-refractivity contribution is -0.146. The number of nitrogens with zero attached hydrogens (tertiary/aromatic N) is 5. The van der Waals surface area contributed by atoms with Gasteiger partial charge in [0.25, 0.3) is 11.8 Å². The lowest BCUT2D eigenvalue weighted by Gasteiger charge is -2.32. The summed E-state index contributed by atoms with van der Waals surface area (Å²) >= 11 is 0. The number of benzene rings is 3. The van der Waals surface area contributed by atoms with E-state index in [1.807, 2.05) is 79.7 Å². The number of ether oxygens (including phenoxy) is 2. The van der Waals surface area contributed by atoms with E-state index in [0.717, 1.165) is 5.56 Å². The van der Waals surface area contributed by atoms with Gasteiger partial charge in [0.15, 0.2) is 12.2 Å². The maximum atomic E-state index is 16.4. The Kier molecular flexibility index (Phi) is 7.97. The van der Waals surface area contributed by atoms with Gasteiger partial charge in [-0.3, -0.25) is 19.2 Å². The Hall–Kier alpha value is -4.39. The molecule has 4 heterocycles. The molecule has 1 saturated heterocycles. The number of fused-ring (bicyclic) bond motifs is 3. The van der Waals surface area contributed by atoms with Gasteiger partial charge in [-0.15, -0.1) is 5.10 Å². The van der Waals surface area contributed by atoms with E-state index in [2.05, 4.69) is 10.3 Å². The molecule has 0 unspecified atom stereocenters. The van der Waals surface area contributed by atoms with Crippen molar-refractivity contribution in [1.29, 1.82) is 0 Å². The van der Waals surface area contributed by atoms with E-state index in [-0.39, 0.29) is 25.0 Å². The standard InChI is InChI=1S/C35H38FN5O5Si/c1-23-33(47(2,3)36)31(15-17-39-21-25(16-18-42)37-38-39)46-35(23)27-19-26(41-29-11-7-8-12-30(29)45-22-32(41)43)13-14-28(27)40(34(35)44)20-24-9-5-4-6-10-24/h4-14,19,21,23,31,33,42H,15-18,20,22H2,1-3H3/t23-,31+,33-,35+/m1/s1. The van der Waals surface area contributed by atoms with Crippen LogP contribution in [0.1, 0.15) is 30.2 Å². The Morgan fingerprint density at radius 3 is 2.57 bits per heavy atom. The fourth-order valence-electron chi connectivity index (χ4n) is 7.69. The minimum absolute atomic E-state index is 0.0290. The Bertz CT molecular complexity index is 1810. The number of rotatable bonds is 9. The van der Waals surface area contributed by atoms with Gasteiger partial charge in [-0.1, -0.05) is 54.6 Å². The summed E-state index contributed by atoms with van der Waals surface area (Å²) in [7, 11) is -3.40. The summed E-state index contributed by atoms with van der Waals surface area (Å²) in [6.07, 6.45) is 2.03. The zero-order valence-electron chi connectivity index (χ0n) is 26.7. The van der Waals surface area contributed by atoms with E-state index >= 15 is 4.11 Å². The predicted octanol–water partition coefficient (Wildman–Crippen LogP) is 5.28. The number of halogens is 1. The summed E-state index contributed by atoms with van der Waals surface area (Å²) < 4.78 is 30.7. The number of para-hydroxylation sites is 2. The Labute approximate surface area is 273 Å². The zero-order valence-corrected chi connectivity index (χ0v) is 27.7. The Balaban J connectivity index is 1.32. The van der Waals surface area contributed by atoms with Crippen molar-refractivity contribution in [3.05, 3.63) is 95.8 Å². The smallest absolute Gasteiger partial charge is 0.269 e. The molecule has 4 atom stereocenters. The van der Waals surface area contributed by atoms with Crippen molar-refractivity contribution in [3.63, 3.8) is 0 Å². The molecule has 3 aliphatic rings. The summed E-state index contributed by atoms with van der Waals surface area (Å²) in [6, 6.07) is 22.7. The number of anilines is 3. The number of hydrogen-bond donors (Lipinski definition) is 1. The van der Waals surface area contributed by atoms with Crippen molar-refractivity contribution < 1.29 is 28.3 Å². The molecule has 7 rings (SSSR count). The van der Waals surface area contributed by atoms with Crippen LogP contribution in [0.4, 0.5) is 21.2 Å². The molecule has 1 N–H and O–H groups in total. The number of amides is 2. The highest BCUT2D eigenvalue weighted by Crippen LogP contribution is 2.61. The molecule has 12 heteroatoms. The lowest BCUT2D eigenvalue weighted by Crippen LogP contribution is -2.45. The second-order valence-corrected chi connectivity index (χ2v) is 16.9. The molecule has 10 nitrogen and oxygen atoms in total. The molecule has 244 valence electrons. The summed E-state index contributed by atoms with van der Waals surface area (Å²) in [5, 5.41) is 17.6. The van der Waals surface area contributed by atoms with Crippen molar-refractivity contribution in [1.82, 2.24) is 15.0 Å². The van der Waals surface area contributed by atoms with Gasteiger partial charge in [0.2, 0.25) is 8.41 Å². The van der Waals surface area contributed by atoms with Crippen LogP contribution >= 0.6 is 0 Å². The number of aryl methyl sites for hydroxylation is 1. The molecule has 1 spiro atoms. The van der Waals surface area contributed by atoms with E-state index in [0.29, 0.717) is 60.0 Å². The van der Waals surface area contributed by atoms with E-state index in [1.54, 1.807) is 33.8 Å². The Morgan fingerprint density at radius 2 is 1.81 bits per heavy atom. The van der Waals surface area contributed by atoms with E-state index in [4.69, 9.17) is 9.47 Å². The molecule has 2 amide bonds. The SMILES string of the molecule is C[C@@H]1[C@@H]([Si](C)(C)F)[C@H](CCn2cc(CCO)nn2)O[C@@]12C(=O)N(Cc1ccccc1)c1ccc(N3C(=O)COc4ccccc43)cc12. The van der Waals surface area contributed by atoms with Gasteiger partial charge in [-0.2, -0.15) is 0 Å². The van der Waals surface area contributed by atoms with Gasteiger partial charge in [-0.05, 0) is 55.4 Å². The van der Waals surface area contributed by atoms with Crippen LogP contribution in [0.25, 0.3) is 0 Å². The first-order chi connectivity index (χ1) is 22.6. The number of carbonyl (C=O) groups excluding carboxylic acids is 2. The lowest BCUT2D eigenvalue weighted by atomic mass is 9.82. The largest absolute Gasteiger partial charge is 0.482 e. The summed E-state index contributed by atoms with van der Waals surface area (Å²) in [4.78, 5) is 31.5. The maximum absolute atomic E-state index is 16.4. The molecular formula is C35H38FN5O5Si. The quantitative estimate of drug-likeness (QED) is 0.193. The van der Waals surface area contributed by atoms with Gasteiger partial charge in [-0.25, -0.2) is 0 Å². The molecule has 4 aromatic rings. The number of hydrogen-bond acceptors (Lipinski definition) is 7. The van der Waals surface area contributed by atoms with Crippen molar-refractivity contribution in [2.75, 3.05) is 23.0 Å². The second-order valence-electron chi connectivity index (χ2n) is 13.1. The second kappa shape index (κ2) is 12.0. The minimum Gasteiger partial charge on any atom is -0.482 e. The van der Waals surface area contributed by atoms with Crippen molar-refractivity contribution in [2.24, 2.45) is 5.92 Å². The highest BCUT2D eigenvalue weighted by molar-refractivity contribution is 6.72. The molecule has 47 heavy (non-hydrogen) atoms. The van der Waals surface area contributed by atoms with Crippen LogP contribution in [0.3, 0.4) is 0 Å². The van der Waals surface area contributed by atoms with Crippen molar-refractivity contribution in [2.45, 2.75) is 63.2 Å². The average Bonchev–Trinajstić information content (AvgIpc) is 3.70. The van der Waals surface area contributed by atoms with Gasteiger partial charge < -0.3 is 23.6 Å². The van der Waals surface area contributed by atoms with Crippen LogP contribution in [0.2, 0.25) is 18.6 Å². The number of aliphatic hydroxyl groups is 1. The van der Waals surface area contributed by atoms with Gasteiger partial charge in [0.05, 0.1) is 29.7 Å². The third-order valence-electron chi connectivity index (χ3n) is 9.69. The maximum Gasteiger partial charge on any atom is 0.269 e. The van der Waals surface area contributed by atoms with Gasteiger partial charge in [0, 0.05) is 48.5 Å². The highest BCUT2D eigenvalue weighted by atomic mass is 28.4. The van der Waals surface area contributed by atoms with Crippen LogP contribution in [-0.4, -0.2) is 59.6 Å². The van der Waals surface area contributed by atoms with Gasteiger partial charge in [0.1, 0.15) is 5.75 Å². The Morgan fingerprint density at radius 1 is 1.04 bits per heavy atom. The summed E-state index contributed by atoms with van der Waals surface area (Å²) in [5.74, 6) is -0.360. The van der Waals surface area contributed by atoms with Crippen LogP contribution in [0, 0.1) is 5.92 Å². The third-order valence-corrected chi connectivity index (χ3v) is 12.1. The third kappa shape index (κ3) is 5.34. The molecular weight excluding hydrogens is 617 g/mol. The van der Waals surface area contributed by atoms with E-state index in [1.165, 1.54) is 0 Å². The molecule has 3 aromatic carbocycles. The van der Waals surface area contributed by atoms with Crippen LogP contribution in [0.15, 0.2) is 79.0 Å². The molecule has 0 bridgehead atoms. The topological polar surface area (TPSA) is 110 Å². The first-order valence-electron chi connectivity index (χ1n) is 16.0. The predicted molar refractivity (Wildman–Crippen MR) is 177 cm³/mol. The fourth-order valence-corrected chi connectivity index (χ4v) is 10.2. The molecule has 0 radical (unpaired) electrons. The minimum atomic E-state index is -3.40. The summed E-state index contributed by atoms with van der Waals surface area (Å²) in [6.45, 7) is 5.89. The number of aromatic nitrogens is 3. The van der Waals surface area contributed by atoms with Crippen LogP contribution in [0.5, 0.6) is 5.75 Å². The first-order valence-corrected chi connectivity index (χ1v) is 19.0. The normalized spacial score (nSPS) is 23.7. The highest BCUT2D eigenvalue weighted by Gasteiger charge is 2.66. The van der Waals surface area contributed by atoms with E-state index in [9.17, 15) is 14.7 Å². The monoisotopic (exact) mass is 655 g/mol. The molecule has 0 saturated carbocycles. The van der Waals surface area contributed by atoms with Crippen molar-refractivity contribution in [3.8, 4) is 5.75 Å². The molecule has 0 aliphatic carbocycles. The van der Waals surface area contributed by atoms with Gasteiger partial charge >= 0.3 is 0 Å². The fraction of sp³-hybridized carbons (Fsp3) is 0.371. The average molecular weight is 656 g/mol. The molecule has 1 fully saturated rings. The first kappa shape index (κ1) is 31.2. The van der Waals surface area contributed by atoms with E-state index < -0.39 is 31.6 Å². The number of carbonyl (C=O) groups is 2. The molecule has 1 aromatic heterocycles. The molecule has 3 aliphatic heterocycles. The van der Waals surface area contributed by atoms with Crippen LogP contribution < -0.4 is 14.5 Å². The van der Waals surface area contributed by atoms with Crippen LogP contribution in [-0.2, 0) is 39.4 Å². The summed E-state index contributed by atoms with van der Waals surface area (Å²) in [5.41, 5.74) is 2.20. The number of aliphatic hydroxyl groups excluding tert-OH is 1. The van der Waals surface area contributed by atoms with Crippen molar-refractivity contribution >= 4 is 37.3 Å².